The van der Waals surface area contributed by atoms with E-state index in [0.717, 1.165) is 68.9 Å². The van der Waals surface area contributed by atoms with Gasteiger partial charge in [-0.3, -0.25) is 19.4 Å². The average molecular weight is 462 g/mol. The molecule has 0 bridgehead atoms. The highest BCUT2D eigenvalue weighted by molar-refractivity contribution is 5.99. The normalized spacial score (nSPS) is 21.8. The minimum absolute atomic E-state index is 0.0136. The standard InChI is InChI=1S/C28H35N3O3/c1-34-25-12-6-5-11-23(25)30-17-15-29(16-18-30)21-24(22-9-3-2-4-10-22)31-26(32)19-28(20-27(31)33)13-7-8-14-28/h2-6,9-12,24H,7-8,13-21H2,1H3/t24-/m1/s1. The van der Waals surface area contributed by atoms with E-state index in [0.29, 0.717) is 19.4 Å². The molecule has 0 radical (unpaired) electrons. The van der Waals surface area contributed by atoms with Crippen LogP contribution in [0.4, 0.5) is 5.69 Å². The third-order valence-electron chi connectivity index (χ3n) is 7.98. The largest absolute Gasteiger partial charge is 0.495 e. The second kappa shape index (κ2) is 9.79. The van der Waals surface area contributed by atoms with Crippen molar-refractivity contribution in [1.82, 2.24) is 9.80 Å². The molecule has 2 saturated heterocycles. The van der Waals surface area contributed by atoms with E-state index in [2.05, 4.69) is 28.0 Å². The number of ether oxygens (including phenoxy) is 1. The molecule has 1 saturated carbocycles. The Bertz CT molecular complexity index is 991. The molecule has 3 fully saturated rings. The lowest BCUT2D eigenvalue weighted by Crippen LogP contribution is -2.53. The summed E-state index contributed by atoms with van der Waals surface area (Å²) in [5, 5.41) is 0. The number of imide groups is 1. The topological polar surface area (TPSA) is 53.1 Å². The second-order valence-electron chi connectivity index (χ2n) is 10.1. The molecule has 34 heavy (non-hydrogen) atoms. The maximum atomic E-state index is 13.4. The van der Waals surface area contributed by atoms with Crippen molar-refractivity contribution in [3.8, 4) is 5.75 Å². The minimum atomic E-state index is -0.238. The van der Waals surface area contributed by atoms with E-state index in [4.69, 9.17) is 4.74 Å². The van der Waals surface area contributed by atoms with Crippen LogP contribution in [0, 0.1) is 5.41 Å². The summed E-state index contributed by atoms with van der Waals surface area (Å²) in [4.78, 5) is 33.1. The Labute approximate surface area is 202 Å². The quantitative estimate of drug-likeness (QED) is 0.602. The monoisotopic (exact) mass is 461 g/mol. The van der Waals surface area contributed by atoms with Crippen LogP contribution in [0.1, 0.15) is 50.1 Å². The zero-order valence-electron chi connectivity index (χ0n) is 20.1. The van der Waals surface area contributed by atoms with Crippen LogP contribution < -0.4 is 9.64 Å². The SMILES string of the molecule is COc1ccccc1N1CCN(C[C@H](c2ccccc2)N2C(=O)CC3(CCCC3)CC2=O)CC1. The molecule has 0 N–H and O–H groups in total. The van der Waals surface area contributed by atoms with Crippen molar-refractivity contribution in [2.75, 3.05) is 44.7 Å². The van der Waals surface area contributed by atoms with Crippen molar-refractivity contribution in [2.24, 2.45) is 5.41 Å². The predicted molar refractivity (Wildman–Crippen MR) is 133 cm³/mol. The lowest BCUT2D eigenvalue weighted by molar-refractivity contribution is -0.157. The van der Waals surface area contributed by atoms with Gasteiger partial charge in [0.05, 0.1) is 18.8 Å². The number of benzene rings is 2. The number of nitrogens with zero attached hydrogens (tertiary/aromatic N) is 3. The molecule has 2 amide bonds. The molecule has 6 heteroatoms. The van der Waals surface area contributed by atoms with Gasteiger partial charge < -0.3 is 9.64 Å². The summed E-state index contributed by atoms with van der Waals surface area (Å²) >= 11 is 0. The Morgan fingerprint density at radius 3 is 2.12 bits per heavy atom. The van der Waals surface area contributed by atoms with E-state index in [9.17, 15) is 9.59 Å². The molecule has 2 aromatic rings. The van der Waals surface area contributed by atoms with Gasteiger partial charge in [0, 0.05) is 45.6 Å². The maximum Gasteiger partial charge on any atom is 0.230 e. The number of likely N-dealkylation sites (tertiary alicyclic amines) is 1. The number of piperazine rings is 1. The van der Waals surface area contributed by atoms with Crippen molar-refractivity contribution in [3.05, 3.63) is 60.2 Å². The summed E-state index contributed by atoms with van der Waals surface area (Å²) in [6, 6.07) is 18.0. The Morgan fingerprint density at radius 2 is 1.47 bits per heavy atom. The van der Waals surface area contributed by atoms with E-state index in [1.807, 2.05) is 36.4 Å². The van der Waals surface area contributed by atoms with Gasteiger partial charge in [-0.25, -0.2) is 0 Å². The molecule has 1 spiro atoms. The van der Waals surface area contributed by atoms with Gasteiger partial charge in [-0.2, -0.15) is 0 Å². The van der Waals surface area contributed by atoms with Crippen LogP contribution in [0.5, 0.6) is 5.75 Å². The molecule has 1 aliphatic carbocycles. The lowest BCUT2D eigenvalue weighted by Gasteiger charge is -2.43. The van der Waals surface area contributed by atoms with Gasteiger partial charge in [-0.1, -0.05) is 55.3 Å². The predicted octanol–water partition coefficient (Wildman–Crippen LogP) is 4.27. The van der Waals surface area contributed by atoms with Gasteiger partial charge in [0.1, 0.15) is 5.75 Å². The van der Waals surface area contributed by atoms with Gasteiger partial charge >= 0.3 is 0 Å². The van der Waals surface area contributed by atoms with E-state index >= 15 is 0 Å². The number of hydrogen-bond donors (Lipinski definition) is 0. The smallest absolute Gasteiger partial charge is 0.230 e. The summed E-state index contributed by atoms with van der Waals surface area (Å²) in [6.07, 6.45) is 5.34. The van der Waals surface area contributed by atoms with E-state index in [-0.39, 0.29) is 23.3 Å². The summed E-state index contributed by atoms with van der Waals surface area (Å²) in [5.41, 5.74) is 2.08. The summed E-state index contributed by atoms with van der Waals surface area (Å²) in [7, 11) is 1.71. The molecule has 5 rings (SSSR count). The molecule has 3 aliphatic rings. The second-order valence-corrected chi connectivity index (χ2v) is 10.1. The van der Waals surface area contributed by atoms with Crippen molar-refractivity contribution in [2.45, 2.75) is 44.6 Å². The van der Waals surface area contributed by atoms with E-state index in [1.165, 1.54) is 0 Å². The minimum Gasteiger partial charge on any atom is -0.495 e. The Hall–Kier alpha value is -2.86. The number of carbonyl (C=O) groups is 2. The molecular weight excluding hydrogens is 426 g/mol. The highest BCUT2D eigenvalue weighted by atomic mass is 16.5. The zero-order chi connectivity index (χ0) is 23.5. The van der Waals surface area contributed by atoms with Crippen molar-refractivity contribution in [3.63, 3.8) is 0 Å². The molecule has 0 unspecified atom stereocenters. The van der Waals surface area contributed by atoms with Gasteiger partial charge in [0.25, 0.3) is 0 Å². The molecule has 180 valence electrons. The molecule has 1 atom stereocenters. The van der Waals surface area contributed by atoms with E-state index < -0.39 is 0 Å². The highest BCUT2D eigenvalue weighted by Gasteiger charge is 2.47. The number of piperidine rings is 1. The average Bonchev–Trinajstić information content (AvgIpc) is 3.31. The first kappa shape index (κ1) is 22.9. The molecule has 2 aliphatic heterocycles. The maximum absolute atomic E-state index is 13.4. The fraction of sp³-hybridized carbons (Fsp3) is 0.500. The van der Waals surface area contributed by atoms with Crippen LogP contribution in [-0.2, 0) is 9.59 Å². The Morgan fingerprint density at radius 1 is 0.853 bits per heavy atom. The summed E-state index contributed by atoms with van der Waals surface area (Å²) < 4.78 is 5.55. The number of methoxy groups -OCH3 is 1. The number of amides is 2. The van der Waals surface area contributed by atoms with Crippen molar-refractivity contribution in [1.29, 1.82) is 0 Å². The summed E-state index contributed by atoms with van der Waals surface area (Å²) in [6.45, 7) is 4.19. The first-order valence-corrected chi connectivity index (χ1v) is 12.6. The number of rotatable bonds is 6. The van der Waals surface area contributed by atoms with Crippen LogP contribution in [0.25, 0.3) is 0 Å². The fourth-order valence-corrected chi connectivity index (χ4v) is 6.16. The molecule has 2 heterocycles. The van der Waals surface area contributed by atoms with E-state index in [1.54, 1.807) is 12.0 Å². The van der Waals surface area contributed by atoms with Crippen LogP contribution in [0.15, 0.2) is 54.6 Å². The van der Waals surface area contributed by atoms with Crippen molar-refractivity contribution < 1.29 is 14.3 Å². The van der Waals surface area contributed by atoms with Crippen molar-refractivity contribution >= 4 is 17.5 Å². The van der Waals surface area contributed by atoms with Crippen LogP contribution in [0.3, 0.4) is 0 Å². The zero-order valence-corrected chi connectivity index (χ0v) is 20.1. The third kappa shape index (κ3) is 4.56. The highest BCUT2D eigenvalue weighted by Crippen LogP contribution is 2.48. The van der Waals surface area contributed by atoms with Gasteiger partial charge in [0.2, 0.25) is 11.8 Å². The van der Waals surface area contributed by atoms with Gasteiger partial charge in [-0.05, 0) is 36.0 Å². The number of para-hydroxylation sites is 2. The number of carbonyl (C=O) groups excluding carboxylic acids is 2. The fourth-order valence-electron chi connectivity index (χ4n) is 6.16. The van der Waals surface area contributed by atoms with Gasteiger partial charge in [-0.15, -0.1) is 0 Å². The molecule has 0 aromatic heterocycles. The Kier molecular flexibility index (Phi) is 6.59. The molecular formula is C28H35N3O3. The van der Waals surface area contributed by atoms with Crippen LogP contribution in [0.2, 0.25) is 0 Å². The number of anilines is 1. The Balaban J connectivity index is 1.31. The summed E-state index contributed by atoms with van der Waals surface area (Å²) in [5.74, 6) is 0.919. The van der Waals surface area contributed by atoms with Crippen LogP contribution in [-0.4, -0.2) is 61.4 Å². The third-order valence-corrected chi connectivity index (χ3v) is 7.98. The molecule has 2 aromatic carbocycles. The number of hydrogen-bond acceptors (Lipinski definition) is 5. The molecule has 6 nitrogen and oxygen atoms in total. The first-order valence-electron chi connectivity index (χ1n) is 12.6. The van der Waals surface area contributed by atoms with Crippen LogP contribution >= 0.6 is 0 Å². The lowest BCUT2D eigenvalue weighted by atomic mass is 9.76. The van der Waals surface area contributed by atoms with Gasteiger partial charge in [0.15, 0.2) is 0 Å². The first-order chi connectivity index (χ1) is 16.6.